The van der Waals surface area contributed by atoms with E-state index in [-0.39, 0.29) is 12.7 Å². The molecular formula is C8H17NO2. The van der Waals surface area contributed by atoms with Gasteiger partial charge in [-0.2, -0.15) is 0 Å². The number of aliphatic hydroxyl groups is 1. The molecule has 0 aromatic carbocycles. The van der Waals surface area contributed by atoms with E-state index in [1.54, 1.807) is 7.11 Å². The van der Waals surface area contributed by atoms with E-state index in [4.69, 9.17) is 9.84 Å². The van der Waals surface area contributed by atoms with Crippen molar-refractivity contribution in [1.29, 1.82) is 0 Å². The average molecular weight is 159 g/mol. The van der Waals surface area contributed by atoms with Crippen molar-refractivity contribution in [2.45, 2.75) is 12.5 Å². The van der Waals surface area contributed by atoms with Crippen molar-refractivity contribution >= 4 is 0 Å². The normalized spacial score (nSPS) is 34.1. The highest BCUT2D eigenvalue weighted by atomic mass is 16.5. The molecule has 0 aromatic heterocycles. The zero-order valence-electron chi connectivity index (χ0n) is 7.29. The van der Waals surface area contributed by atoms with Gasteiger partial charge in [0.05, 0.1) is 6.10 Å². The molecule has 0 aliphatic carbocycles. The minimum absolute atomic E-state index is 0.221. The number of nitrogens with zero attached hydrogens (tertiary/aromatic N) is 1. The zero-order chi connectivity index (χ0) is 8.27. The van der Waals surface area contributed by atoms with E-state index >= 15 is 0 Å². The first-order chi connectivity index (χ1) is 5.27. The monoisotopic (exact) mass is 159 g/mol. The molecule has 2 unspecified atom stereocenters. The second-order valence-corrected chi connectivity index (χ2v) is 3.27. The van der Waals surface area contributed by atoms with Gasteiger partial charge in [0.15, 0.2) is 0 Å². The zero-order valence-corrected chi connectivity index (χ0v) is 7.29. The fraction of sp³-hybridized carbons (Fsp3) is 1.00. The molecule has 2 atom stereocenters. The molecule has 0 spiro atoms. The van der Waals surface area contributed by atoms with Crippen molar-refractivity contribution in [2.75, 3.05) is 33.9 Å². The number of ether oxygens (including phenoxy) is 1. The van der Waals surface area contributed by atoms with Crippen LogP contribution in [0.3, 0.4) is 0 Å². The Kier molecular flexibility index (Phi) is 3.30. The van der Waals surface area contributed by atoms with E-state index in [1.165, 1.54) is 0 Å². The summed E-state index contributed by atoms with van der Waals surface area (Å²) in [7, 11) is 3.80. The van der Waals surface area contributed by atoms with Crippen molar-refractivity contribution < 1.29 is 9.84 Å². The largest absolute Gasteiger partial charge is 0.396 e. The summed E-state index contributed by atoms with van der Waals surface area (Å²) in [5.74, 6) is 0.344. The maximum Gasteiger partial charge on any atom is 0.0748 e. The predicted octanol–water partition coefficient (Wildman–Crippen LogP) is -0.0546. The third-order valence-electron chi connectivity index (χ3n) is 2.44. The predicted molar refractivity (Wildman–Crippen MR) is 43.5 cm³/mol. The fourth-order valence-electron chi connectivity index (χ4n) is 1.60. The third kappa shape index (κ3) is 2.15. The Morgan fingerprint density at radius 2 is 2.36 bits per heavy atom. The van der Waals surface area contributed by atoms with E-state index in [1.807, 2.05) is 0 Å². The third-order valence-corrected chi connectivity index (χ3v) is 2.44. The lowest BCUT2D eigenvalue weighted by molar-refractivity contribution is -0.0230. The van der Waals surface area contributed by atoms with E-state index < -0.39 is 0 Å². The van der Waals surface area contributed by atoms with Crippen LogP contribution in [0.2, 0.25) is 0 Å². The van der Waals surface area contributed by atoms with E-state index in [9.17, 15) is 0 Å². The summed E-state index contributed by atoms with van der Waals surface area (Å²) >= 11 is 0. The summed E-state index contributed by atoms with van der Waals surface area (Å²) in [6.45, 7) is 2.28. The molecular weight excluding hydrogens is 142 g/mol. The number of methoxy groups -OCH3 is 1. The van der Waals surface area contributed by atoms with Gasteiger partial charge >= 0.3 is 0 Å². The van der Waals surface area contributed by atoms with Crippen LogP contribution in [0.15, 0.2) is 0 Å². The van der Waals surface area contributed by atoms with Gasteiger partial charge in [0.2, 0.25) is 0 Å². The molecule has 1 rings (SSSR count). The highest BCUT2D eigenvalue weighted by Gasteiger charge is 2.26. The Bertz CT molecular complexity index is 119. The first kappa shape index (κ1) is 8.97. The summed E-state index contributed by atoms with van der Waals surface area (Å²) < 4.78 is 5.26. The molecule has 0 bridgehead atoms. The molecule has 1 fully saturated rings. The first-order valence-corrected chi connectivity index (χ1v) is 4.10. The van der Waals surface area contributed by atoms with Crippen molar-refractivity contribution in [1.82, 2.24) is 4.90 Å². The number of aliphatic hydroxyl groups excluding tert-OH is 1. The van der Waals surface area contributed by atoms with Gasteiger partial charge in [0.25, 0.3) is 0 Å². The maximum absolute atomic E-state index is 8.98. The number of rotatable bonds is 2. The highest BCUT2D eigenvalue weighted by Crippen LogP contribution is 2.17. The Morgan fingerprint density at radius 1 is 1.64 bits per heavy atom. The van der Waals surface area contributed by atoms with E-state index in [0.29, 0.717) is 5.92 Å². The summed E-state index contributed by atoms with van der Waals surface area (Å²) in [5, 5.41) is 8.98. The van der Waals surface area contributed by atoms with Crippen LogP contribution in [0.1, 0.15) is 6.42 Å². The number of likely N-dealkylation sites (tertiary alicyclic amines) is 1. The summed E-state index contributed by atoms with van der Waals surface area (Å²) in [4.78, 5) is 2.24. The Hall–Kier alpha value is -0.120. The molecule has 0 amide bonds. The number of hydrogen-bond acceptors (Lipinski definition) is 3. The van der Waals surface area contributed by atoms with Gasteiger partial charge in [-0.1, -0.05) is 0 Å². The summed E-state index contributed by atoms with van der Waals surface area (Å²) in [6, 6.07) is 0. The van der Waals surface area contributed by atoms with Gasteiger partial charge in [-0.25, -0.2) is 0 Å². The molecule has 11 heavy (non-hydrogen) atoms. The van der Waals surface area contributed by atoms with Crippen LogP contribution >= 0.6 is 0 Å². The minimum atomic E-state index is 0.221. The summed E-state index contributed by atoms with van der Waals surface area (Å²) in [6.07, 6.45) is 1.27. The highest BCUT2D eigenvalue weighted by molar-refractivity contribution is 4.78. The van der Waals surface area contributed by atoms with Gasteiger partial charge in [-0.3, -0.25) is 0 Å². The van der Waals surface area contributed by atoms with E-state index in [0.717, 1.165) is 19.5 Å². The molecule has 0 radical (unpaired) electrons. The second-order valence-electron chi connectivity index (χ2n) is 3.27. The Balaban J connectivity index is 2.41. The van der Waals surface area contributed by atoms with Crippen molar-refractivity contribution in [3.8, 4) is 0 Å². The molecule has 1 heterocycles. The van der Waals surface area contributed by atoms with Crippen molar-refractivity contribution in [3.05, 3.63) is 0 Å². The lowest BCUT2D eigenvalue weighted by atomic mass is 9.95. The minimum Gasteiger partial charge on any atom is -0.396 e. The van der Waals surface area contributed by atoms with E-state index in [2.05, 4.69) is 11.9 Å². The van der Waals surface area contributed by atoms with Crippen molar-refractivity contribution in [3.63, 3.8) is 0 Å². The topological polar surface area (TPSA) is 32.7 Å². The van der Waals surface area contributed by atoms with Crippen molar-refractivity contribution in [2.24, 2.45) is 5.92 Å². The lowest BCUT2D eigenvalue weighted by Crippen LogP contribution is -2.44. The van der Waals surface area contributed by atoms with Gasteiger partial charge in [-0.15, -0.1) is 0 Å². The van der Waals surface area contributed by atoms with Gasteiger partial charge < -0.3 is 14.7 Å². The van der Waals surface area contributed by atoms with Crippen LogP contribution in [0.25, 0.3) is 0 Å². The molecule has 1 N–H and O–H groups in total. The number of piperidine rings is 1. The molecule has 66 valence electrons. The van der Waals surface area contributed by atoms with Crippen LogP contribution in [-0.2, 0) is 4.74 Å². The molecule has 3 nitrogen and oxygen atoms in total. The van der Waals surface area contributed by atoms with Crippen LogP contribution < -0.4 is 0 Å². The molecule has 1 aliphatic rings. The molecule has 0 aromatic rings. The SMILES string of the molecule is COC1CN(C)CCC1CO. The molecule has 1 saturated heterocycles. The van der Waals surface area contributed by atoms with Crippen LogP contribution in [0, 0.1) is 5.92 Å². The van der Waals surface area contributed by atoms with Crippen LogP contribution in [-0.4, -0.2) is 50.0 Å². The lowest BCUT2D eigenvalue weighted by Gasteiger charge is -2.34. The second kappa shape index (κ2) is 4.04. The standard InChI is InChI=1S/C8H17NO2/c1-9-4-3-7(6-10)8(5-9)11-2/h7-8,10H,3-6H2,1-2H3. The molecule has 3 heteroatoms. The molecule has 1 aliphatic heterocycles. The smallest absolute Gasteiger partial charge is 0.0748 e. The first-order valence-electron chi connectivity index (χ1n) is 4.10. The Labute approximate surface area is 68.0 Å². The van der Waals surface area contributed by atoms with Gasteiger partial charge in [-0.05, 0) is 20.0 Å². The Morgan fingerprint density at radius 3 is 2.91 bits per heavy atom. The van der Waals surface area contributed by atoms with Gasteiger partial charge in [0.1, 0.15) is 0 Å². The fourth-order valence-corrected chi connectivity index (χ4v) is 1.60. The molecule has 0 saturated carbocycles. The quantitative estimate of drug-likeness (QED) is 0.613. The number of likely N-dealkylation sites (N-methyl/N-ethyl adjacent to an activating group) is 1. The summed E-state index contributed by atoms with van der Waals surface area (Å²) in [5.41, 5.74) is 0. The van der Waals surface area contributed by atoms with Gasteiger partial charge in [0, 0.05) is 26.2 Å². The van der Waals surface area contributed by atoms with Crippen LogP contribution in [0.4, 0.5) is 0 Å². The number of hydrogen-bond donors (Lipinski definition) is 1. The van der Waals surface area contributed by atoms with Crippen LogP contribution in [0.5, 0.6) is 0 Å². The maximum atomic E-state index is 8.98. The average Bonchev–Trinajstić information content (AvgIpc) is 2.04.